The lowest BCUT2D eigenvalue weighted by Gasteiger charge is -2.11. The number of halogens is 3. The van der Waals surface area contributed by atoms with Gasteiger partial charge in [0.25, 0.3) is 5.91 Å². The van der Waals surface area contributed by atoms with E-state index in [1.807, 2.05) is 0 Å². The first-order valence-electron chi connectivity index (χ1n) is 5.72. The molecule has 116 valence electrons. The van der Waals surface area contributed by atoms with Crippen molar-refractivity contribution in [3.05, 3.63) is 28.8 Å². The SMILES string of the molecule is O=C(O)CSCCNC(=O)c1cc(Cl)ccc1OC(F)F. The van der Waals surface area contributed by atoms with Crippen LogP contribution in [-0.4, -0.2) is 41.6 Å². The molecule has 0 unspecified atom stereocenters. The predicted molar refractivity (Wildman–Crippen MR) is 75.4 cm³/mol. The number of nitrogens with one attached hydrogen (secondary N) is 1. The third-order valence-electron chi connectivity index (χ3n) is 2.16. The zero-order valence-electron chi connectivity index (χ0n) is 10.6. The maximum Gasteiger partial charge on any atom is 0.387 e. The number of hydrogen-bond donors (Lipinski definition) is 2. The molecule has 0 saturated carbocycles. The summed E-state index contributed by atoms with van der Waals surface area (Å²) < 4.78 is 28.7. The maximum atomic E-state index is 12.2. The largest absolute Gasteiger partial charge is 0.481 e. The Labute approximate surface area is 128 Å². The second-order valence-electron chi connectivity index (χ2n) is 3.72. The summed E-state index contributed by atoms with van der Waals surface area (Å²) in [6.07, 6.45) is 0. The normalized spacial score (nSPS) is 10.5. The van der Waals surface area contributed by atoms with E-state index in [0.29, 0.717) is 5.75 Å². The zero-order valence-corrected chi connectivity index (χ0v) is 12.2. The van der Waals surface area contributed by atoms with Crippen LogP contribution in [-0.2, 0) is 4.79 Å². The second-order valence-corrected chi connectivity index (χ2v) is 5.26. The van der Waals surface area contributed by atoms with Gasteiger partial charge in [-0.15, -0.1) is 11.8 Å². The van der Waals surface area contributed by atoms with Gasteiger partial charge >= 0.3 is 12.6 Å². The Kier molecular flexibility index (Phi) is 7.24. The number of carbonyl (C=O) groups is 2. The number of carbonyl (C=O) groups excluding carboxylic acids is 1. The lowest BCUT2D eigenvalue weighted by Crippen LogP contribution is -2.26. The molecule has 21 heavy (non-hydrogen) atoms. The van der Waals surface area contributed by atoms with E-state index in [9.17, 15) is 18.4 Å². The molecule has 0 atom stereocenters. The summed E-state index contributed by atoms with van der Waals surface area (Å²) in [5, 5.41) is 11.1. The molecule has 2 N–H and O–H groups in total. The number of ether oxygens (including phenoxy) is 1. The smallest absolute Gasteiger partial charge is 0.387 e. The first-order valence-corrected chi connectivity index (χ1v) is 7.25. The number of rotatable bonds is 8. The fourth-order valence-electron chi connectivity index (χ4n) is 1.37. The number of aliphatic carboxylic acids is 1. The van der Waals surface area contributed by atoms with Crippen LogP contribution in [0.2, 0.25) is 5.02 Å². The molecule has 0 fully saturated rings. The maximum absolute atomic E-state index is 12.2. The summed E-state index contributed by atoms with van der Waals surface area (Å²) in [5.41, 5.74) is -0.106. The van der Waals surface area contributed by atoms with Gasteiger partial charge in [0.05, 0.1) is 11.3 Å². The molecule has 1 amide bonds. The number of thioether (sulfide) groups is 1. The third kappa shape index (κ3) is 6.63. The van der Waals surface area contributed by atoms with Crippen molar-refractivity contribution in [3.8, 4) is 5.75 Å². The Bertz CT molecular complexity index is 516. The molecule has 1 aromatic rings. The molecular formula is C12H12ClF2NO4S. The first kappa shape index (κ1) is 17.5. The van der Waals surface area contributed by atoms with E-state index >= 15 is 0 Å². The Hall–Kier alpha value is -1.54. The lowest BCUT2D eigenvalue weighted by molar-refractivity contribution is -0.133. The number of benzene rings is 1. The number of alkyl halides is 2. The molecule has 0 heterocycles. The van der Waals surface area contributed by atoms with E-state index in [2.05, 4.69) is 10.1 Å². The van der Waals surface area contributed by atoms with Gasteiger partial charge in [0.1, 0.15) is 5.75 Å². The highest BCUT2D eigenvalue weighted by Crippen LogP contribution is 2.24. The van der Waals surface area contributed by atoms with Gasteiger partial charge < -0.3 is 15.2 Å². The van der Waals surface area contributed by atoms with Gasteiger partial charge in [-0.3, -0.25) is 9.59 Å². The molecule has 0 aliphatic carbocycles. The first-order chi connectivity index (χ1) is 9.90. The molecule has 1 rings (SSSR count). The average Bonchev–Trinajstić information content (AvgIpc) is 2.39. The summed E-state index contributed by atoms with van der Waals surface area (Å²) in [5.74, 6) is -1.54. The minimum Gasteiger partial charge on any atom is -0.481 e. The monoisotopic (exact) mass is 339 g/mol. The van der Waals surface area contributed by atoms with Gasteiger partial charge in [-0.2, -0.15) is 8.78 Å². The van der Waals surface area contributed by atoms with Gasteiger partial charge in [-0.1, -0.05) is 11.6 Å². The summed E-state index contributed by atoms with van der Waals surface area (Å²) in [6.45, 7) is -2.86. The van der Waals surface area contributed by atoms with Gasteiger partial charge in [0.15, 0.2) is 0 Å². The van der Waals surface area contributed by atoms with E-state index in [-0.39, 0.29) is 28.6 Å². The zero-order chi connectivity index (χ0) is 15.8. The third-order valence-corrected chi connectivity index (χ3v) is 3.34. The predicted octanol–water partition coefficient (Wildman–Crippen LogP) is 2.49. The van der Waals surface area contributed by atoms with Crippen molar-refractivity contribution in [2.24, 2.45) is 0 Å². The van der Waals surface area contributed by atoms with E-state index in [0.717, 1.165) is 11.8 Å². The standard InChI is InChI=1S/C12H12ClF2NO4S/c13-7-1-2-9(20-12(14)15)8(5-7)11(19)16-3-4-21-6-10(17)18/h1-2,5,12H,3-4,6H2,(H,16,19)(H,17,18). The van der Waals surface area contributed by atoms with Crippen molar-refractivity contribution in [2.75, 3.05) is 18.1 Å². The molecule has 5 nitrogen and oxygen atoms in total. The highest BCUT2D eigenvalue weighted by Gasteiger charge is 2.16. The van der Waals surface area contributed by atoms with E-state index in [1.54, 1.807) is 0 Å². The highest BCUT2D eigenvalue weighted by molar-refractivity contribution is 7.99. The molecule has 1 aromatic carbocycles. The van der Waals surface area contributed by atoms with Gasteiger partial charge in [-0.05, 0) is 18.2 Å². The molecule has 0 aliphatic rings. The second kappa shape index (κ2) is 8.68. The van der Waals surface area contributed by atoms with E-state index in [1.165, 1.54) is 18.2 Å². The molecule has 0 aliphatic heterocycles. The van der Waals surface area contributed by atoms with Gasteiger partial charge in [-0.25, -0.2) is 0 Å². The number of carboxylic acids is 1. The van der Waals surface area contributed by atoms with Crippen LogP contribution in [0.5, 0.6) is 5.75 Å². The Morgan fingerprint density at radius 1 is 1.43 bits per heavy atom. The summed E-state index contributed by atoms with van der Waals surface area (Å²) in [7, 11) is 0. The molecule has 0 aromatic heterocycles. The summed E-state index contributed by atoms with van der Waals surface area (Å²) in [6, 6.07) is 3.74. The van der Waals surface area contributed by atoms with Crippen LogP contribution in [0.25, 0.3) is 0 Å². The van der Waals surface area contributed by atoms with E-state index < -0.39 is 18.5 Å². The Morgan fingerprint density at radius 2 is 2.14 bits per heavy atom. The van der Waals surface area contributed by atoms with Crippen LogP contribution in [0.4, 0.5) is 8.78 Å². The summed E-state index contributed by atoms with van der Waals surface area (Å²) >= 11 is 6.85. The van der Waals surface area contributed by atoms with Crippen molar-refractivity contribution in [1.29, 1.82) is 0 Å². The highest BCUT2D eigenvalue weighted by atomic mass is 35.5. The quantitative estimate of drug-likeness (QED) is 0.712. The van der Waals surface area contributed by atoms with Crippen LogP contribution in [0.3, 0.4) is 0 Å². The Morgan fingerprint density at radius 3 is 2.76 bits per heavy atom. The Balaban J connectivity index is 2.60. The van der Waals surface area contributed by atoms with Gasteiger partial charge in [0.2, 0.25) is 0 Å². The fraction of sp³-hybridized carbons (Fsp3) is 0.333. The molecule has 0 saturated heterocycles. The van der Waals surface area contributed by atoms with Crippen LogP contribution in [0.1, 0.15) is 10.4 Å². The minimum atomic E-state index is -3.05. The average molecular weight is 340 g/mol. The minimum absolute atomic E-state index is 0.0766. The summed E-state index contributed by atoms with van der Waals surface area (Å²) in [4.78, 5) is 22.2. The lowest BCUT2D eigenvalue weighted by atomic mass is 10.2. The van der Waals surface area contributed by atoms with Crippen molar-refractivity contribution in [3.63, 3.8) is 0 Å². The van der Waals surface area contributed by atoms with E-state index in [4.69, 9.17) is 16.7 Å². The number of carboxylic acid groups (broad SMARTS) is 1. The van der Waals surface area contributed by atoms with Crippen LogP contribution in [0.15, 0.2) is 18.2 Å². The molecule has 0 bridgehead atoms. The van der Waals surface area contributed by atoms with Crippen molar-refractivity contribution >= 4 is 35.2 Å². The fourth-order valence-corrected chi connectivity index (χ4v) is 2.11. The van der Waals surface area contributed by atoms with Gasteiger partial charge in [0, 0.05) is 17.3 Å². The molecule has 0 radical (unpaired) electrons. The number of amides is 1. The van der Waals surface area contributed by atoms with Crippen molar-refractivity contribution in [1.82, 2.24) is 5.32 Å². The van der Waals surface area contributed by atoms with Crippen LogP contribution < -0.4 is 10.1 Å². The topological polar surface area (TPSA) is 75.6 Å². The molecule has 0 spiro atoms. The van der Waals surface area contributed by atoms with Crippen LogP contribution >= 0.6 is 23.4 Å². The van der Waals surface area contributed by atoms with Crippen molar-refractivity contribution < 1.29 is 28.2 Å². The molecule has 9 heteroatoms. The van der Waals surface area contributed by atoms with Crippen LogP contribution in [0, 0.1) is 0 Å². The van der Waals surface area contributed by atoms with Crippen molar-refractivity contribution in [2.45, 2.75) is 6.61 Å². The molecular weight excluding hydrogens is 328 g/mol. The number of hydrogen-bond acceptors (Lipinski definition) is 4.